The van der Waals surface area contributed by atoms with E-state index in [9.17, 15) is 0 Å². The third kappa shape index (κ3) is 3.74. The van der Waals surface area contributed by atoms with Gasteiger partial charge >= 0.3 is 0 Å². The van der Waals surface area contributed by atoms with Gasteiger partial charge in [-0.2, -0.15) is 0 Å². The molecule has 1 unspecified atom stereocenters. The van der Waals surface area contributed by atoms with E-state index in [0.717, 1.165) is 12.1 Å². The molecule has 1 aromatic rings. The van der Waals surface area contributed by atoms with E-state index in [-0.39, 0.29) is 18.1 Å². The number of aliphatic hydroxyl groups is 1. The molecule has 2 N–H and O–H groups in total. The number of aliphatic hydroxyl groups excluding tert-OH is 1. The highest BCUT2D eigenvalue weighted by Gasteiger charge is 2.18. The predicted molar refractivity (Wildman–Crippen MR) is 66.5 cm³/mol. The van der Waals surface area contributed by atoms with Gasteiger partial charge in [0.25, 0.3) is 0 Å². The van der Waals surface area contributed by atoms with E-state index < -0.39 is 0 Å². The summed E-state index contributed by atoms with van der Waals surface area (Å²) in [5.41, 5.74) is 0.862. The highest BCUT2D eigenvalue weighted by molar-refractivity contribution is 6.30. The standard InChI is InChI=1S/C12H19ClN2O/c1-9(15-7-12(2,3)8-16)10-5-4-6-14-11(10)13/h4-6,9,15-16H,7-8H2,1-3H3. The van der Waals surface area contributed by atoms with E-state index in [4.69, 9.17) is 16.7 Å². The van der Waals surface area contributed by atoms with Crippen LogP contribution in [0.2, 0.25) is 5.15 Å². The van der Waals surface area contributed by atoms with Crippen LogP contribution in [0, 0.1) is 5.41 Å². The minimum Gasteiger partial charge on any atom is -0.396 e. The summed E-state index contributed by atoms with van der Waals surface area (Å²) in [4.78, 5) is 4.04. The summed E-state index contributed by atoms with van der Waals surface area (Å²) in [5, 5.41) is 13.0. The Bertz CT molecular complexity index is 342. The molecule has 0 saturated heterocycles. The highest BCUT2D eigenvalue weighted by atomic mass is 35.5. The summed E-state index contributed by atoms with van der Waals surface area (Å²) in [5.74, 6) is 0. The summed E-state index contributed by atoms with van der Waals surface area (Å²) < 4.78 is 0. The molecule has 0 saturated carbocycles. The minimum absolute atomic E-state index is 0.122. The van der Waals surface area contributed by atoms with Crippen LogP contribution >= 0.6 is 11.6 Å². The lowest BCUT2D eigenvalue weighted by Crippen LogP contribution is -2.33. The van der Waals surface area contributed by atoms with Crippen molar-refractivity contribution in [2.75, 3.05) is 13.2 Å². The number of rotatable bonds is 5. The fraction of sp³-hybridized carbons (Fsp3) is 0.583. The second-order valence-corrected chi connectivity index (χ2v) is 5.17. The number of pyridine rings is 1. The molecule has 90 valence electrons. The molecular weight excluding hydrogens is 224 g/mol. The first-order valence-electron chi connectivity index (χ1n) is 5.41. The van der Waals surface area contributed by atoms with Gasteiger partial charge in [-0.25, -0.2) is 4.98 Å². The normalized spacial score (nSPS) is 13.8. The largest absolute Gasteiger partial charge is 0.396 e. The molecule has 0 bridgehead atoms. The van der Waals surface area contributed by atoms with Crippen LogP contribution in [0.1, 0.15) is 32.4 Å². The average Bonchev–Trinajstić information content (AvgIpc) is 2.27. The monoisotopic (exact) mass is 242 g/mol. The lowest BCUT2D eigenvalue weighted by molar-refractivity contribution is 0.154. The zero-order chi connectivity index (χ0) is 12.2. The third-order valence-corrected chi connectivity index (χ3v) is 2.89. The molecule has 1 heterocycles. The lowest BCUT2D eigenvalue weighted by atomic mass is 9.94. The van der Waals surface area contributed by atoms with Crippen molar-refractivity contribution in [3.8, 4) is 0 Å². The van der Waals surface area contributed by atoms with Gasteiger partial charge in [-0.05, 0) is 13.0 Å². The summed E-state index contributed by atoms with van der Waals surface area (Å²) in [6.45, 7) is 6.95. The minimum atomic E-state index is -0.122. The maximum Gasteiger partial charge on any atom is 0.133 e. The Labute approximate surface area is 102 Å². The van der Waals surface area contributed by atoms with Gasteiger partial charge < -0.3 is 10.4 Å². The third-order valence-electron chi connectivity index (χ3n) is 2.57. The fourth-order valence-corrected chi connectivity index (χ4v) is 1.60. The molecule has 0 aliphatic carbocycles. The number of hydrogen-bond donors (Lipinski definition) is 2. The van der Waals surface area contributed by atoms with Crippen molar-refractivity contribution in [1.82, 2.24) is 10.3 Å². The quantitative estimate of drug-likeness (QED) is 0.780. The summed E-state index contributed by atoms with van der Waals surface area (Å²) in [6, 6.07) is 3.96. The van der Waals surface area contributed by atoms with Crippen molar-refractivity contribution in [1.29, 1.82) is 0 Å². The van der Waals surface area contributed by atoms with Crippen molar-refractivity contribution in [2.45, 2.75) is 26.8 Å². The zero-order valence-corrected chi connectivity index (χ0v) is 10.8. The van der Waals surface area contributed by atoms with Gasteiger partial charge in [0.1, 0.15) is 5.15 Å². The van der Waals surface area contributed by atoms with Gasteiger partial charge in [-0.1, -0.05) is 31.5 Å². The number of nitrogens with zero attached hydrogens (tertiary/aromatic N) is 1. The topological polar surface area (TPSA) is 45.1 Å². The van der Waals surface area contributed by atoms with Crippen LogP contribution < -0.4 is 5.32 Å². The molecule has 0 aliphatic rings. The van der Waals surface area contributed by atoms with Crippen LogP contribution in [0.4, 0.5) is 0 Å². The van der Waals surface area contributed by atoms with Crippen molar-refractivity contribution in [2.24, 2.45) is 5.41 Å². The van der Waals surface area contributed by atoms with E-state index in [1.165, 1.54) is 0 Å². The molecular formula is C12H19ClN2O. The maximum absolute atomic E-state index is 9.15. The molecule has 0 aliphatic heterocycles. The lowest BCUT2D eigenvalue weighted by Gasteiger charge is -2.25. The Balaban J connectivity index is 2.60. The molecule has 4 heteroatoms. The number of aromatic nitrogens is 1. The van der Waals surface area contributed by atoms with Crippen molar-refractivity contribution < 1.29 is 5.11 Å². The zero-order valence-electron chi connectivity index (χ0n) is 10.00. The van der Waals surface area contributed by atoms with Crippen molar-refractivity contribution in [3.63, 3.8) is 0 Å². The van der Waals surface area contributed by atoms with Gasteiger partial charge in [0, 0.05) is 36.4 Å². The van der Waals surface area contributed by atoms with Crippen molar-refractivity contribution in [3.05, 3.63) is 29.0 Å². The highest BCUT2D eigenvalue weighted by Crippen LogP contribution is 2.21. The average molecular weight is 243 g/mol. The Morgan fingerprint density at radius 1 is 1.56 bits per heavy atom. The Morgan fingerprint density at radius 2 is 2.25 bits per heavy atom. The van der Waals surface area contributed by atoms with Gasteiger partial charge in [0.2, 0.25) is 0 Å². The molecule has 0 spiro atoms. The first-order valence-corrected chi connectivity index (χ1v) is 5.79. The number of nitrogens with one attached hydrogen (secondary N) is 1. The molecule has 3 nitrogen and oxygen atoms in total. The van der Waals surface area contributed by atoms with Crippen LogP contribution in [0.3, 0.4) is 0 Å². The maximum atomic E-state index is 9.15. The van der Waals surface area contributed by atoms with Crippen LogP contribution in [0.25, 0.3) is 0 Å². The van der Waals surface area contributed by atoms with Crippen molar-refractivity contribution >= 4 is 11.6 Å². The number of hydrogen-bond acceptors (Lipinski definition) is 3. The van der Waals surface area contributed by atoms with E-state index >= 15 is 0 Å². The fourth-order valence-electron chi connectivity index (χ4n) is 1.32. The Hall–Kier alpha value is -0.640. The molecule has 0 fully saturated rings. The Morgan fingerprint density at radius 3 is 2.81 bits per heavy atom. The van der Waals surface area contributed by atoms with Crippen LogP contribution in [0.15, 0.2) is 18.3 Å². The van der Waals surface area contributed by atoms with Crippen LogP contribution in [-0.4, -0.2) is 23.2 Å². The van der Waals surface area contributed by atoms with Gasteiger partial charge in [0.05, 0.1) is 0 Å². The number of halogens is 1. The second-order valence-electron chi connectivity index (χ2n) is 4.81. The molecule has 0 amide bonds. The summed E-state index contributed by atoms with van der Waals surface area (Å²) in [6.07, 6.45) is 1.68. The molecule has 1 rings (SSSR count). The van der Waals surface area contributed by atoms with Gasteiger partial charge in [-0.3, -0.25) is 0 Å². The first kappa shape index (κ1) is 13.4. The van der Waals surface area contributed by atoms with Crippen LogP contribution in [0.5, 0.6) is 0 Å². The van der Waals surface area contributed by atoms with Gasteiger partial charge in [0.15, 0.2) is 0 Å². The SMILES string of the molecule is CC(NCC(C)(C)CO)c1cccnc1Cl. The molecule has 1 atom stereocenters. The molecule has 16 heavy (non-hydrogen) atoms. The van der Waals surface area contributed by atoms with E-state index in [1.54, 1.807) is 6.20 Å². The molecule has 0 aromatic carbocycles. The predicted octanol–water partition coefficient (Wildman–Crippen LogP) is 2.40. The van der Waals surface area contributed by atoms with Crippen LogP contribution in [-0.2, 0) is 0 Å². The molecule has 1 aromatic heterocycles. The summed E-state index contributed by atoms with van der Waals surface area (Å²) in [7, 11) is 0. The molecule has 0 radical (unpaired) electrons. The van der Waals surface area contributed by atoms with E-state index in [2.05, 4.69) is 10.3 Å². The van der Waals surface area contributed by atoms with E-state index in [1.807, 2.05) is 32.9 Å². The smallest absolute Gasteiger partial charge is 0.133 e. The second kappa shape index (κ2) is 5.62. The van der Waals surface area contributed by atoms with E-state index in [0.29, 0.717) is 5.15 Å². The Kier molecular flexibility index (Phi) is 4.71. The summed E-state index contributed by atoms with van der Waals surface area (Å²) >= 11 is 6.00. The van der Waals surface area contributed by atoms with Gasteiger partial charge in [-0.15, -0.1) is 0 Å². The first-order chi connectivity index (χ1) is 7.46.